The van der Waals surface area contributed by atoms with Gasteiger partial charge in [0, 0.05) is 5.92 Å². The second kappa shape index (κ2) is 10.9. The Morgan fingerprint density at radius 2 is 1.55 bits per heavy atom. The Labute approximate surface area is 230 Å². The lowest BCUT2D eigenvalue weighted by atomic mass is 9.98. The van der Waals surface area contributed by atoms with Gasteiger partial charge in [-0.05, 0) is 72.1 Å². The van der Waals surface area contributed by atoms with Crippen LogP contribution in [0.2, 0.25) is 0 Å². The Balaban J connectivity index is 1.33. The highest BCUT2D eigenvalue weighted by Gasteiger charge is 2.35. The molecule has 0 unspecified atom stereocenters. The number of amides is 1. The van der Waals surface area contributed by atoms with Crippen LogP contribution in [0.15, 0.2) is 77.6 Å². The fourth-order valence-electron chi connectivity index (χ4n) is 4.94. The van der Waals surface area contributed by atoms with E-state index in [0.29, 0.717) is 10.4 Å². The van der Waals surface area contributed by atoms with Gasteiger partial charge >= 0.3 is 17.6 Å². The predicted molar refractivity (Wildman–Crippen MR) is 148 cm³/mol. The molecule has 0 saturated heterocycles. The van der Waals surface area contributed by atoms with E-state index in [1.807, 2.05) is 69.3 Å². The van der Waals surface area contributed by atoms with Gasteiger partial charge in [0.1, 0.15) is 12.1 Å². The quantitative estimate of drug-likeness (QED) is 0.350. The minimum Gasteiger partial charge on any atom is -0.449 e. The Kier molecular flexibility index (Phi) is 7.36. The largest absolute Gasteiger partial charge is 0.449 e. The highest BCUT2D eigenvalue weighted by atomic mass is 16.7. The number of fused-ring (bicyclic) bond motifs is 4. The molecule has 4 aromatic rings. The molecule has 206 valence electrons. The third-order valence-electron chi connectivity index (χ3n) is 6.60. The van der Waals surface area contributed by atoms with Crippen LogP contribution in [-0.2, 0) is 14.3 Å². The molecule has 1 aliphatic rings. The van der Waals surface area contributed by atoms with Crippen molar-refractivity contribution in [1.82, 2.24) is 20.5 Å². The molecule has 2 atom stereocenters. The molecule has 1 amide bonds. The first-order valence-corrected chi connectivity index (χ1v) is 13.0. The molecule has 1 aromatic heterocycles. The molecule has 1 N–H and O–H groups in total. The van der Waals surface area contributed by atoms with Gasteiger partial charge < -0.3 is 19.6 Å². The molecule has 10 heteroatoms. The van der Waals surface area contributed by atoms with E-state index in [-0.39, 0.29) is 17.9 Å². The van der Waals surface area contributed by atoms with Gasteiger partial charge in [-0.15, -0.1) is 5.10 Å². The van der Waals surface area contributed by atoms with Crippen molar-refractivity contribution in [3.63, 3.8) is 0 Å². The van der Waals surface area contributed by atoms with Crippen LogP contribution in [0.1, 0.15) is 44.7 Å². The third-order valence-corrected chi connectivity index (χ3v) is 6.60. The molecule has 0 fully saturated rings. The molecule has 0 bridgehead atoms. The van der Waals surface area contributed by atoms with Crippen LogP contribution in [-0.4, -0.2) is 51.6 Å². The Hall–Kier alpha value is -4.57. The van der Waals surface area contributed by atoms with Gasteiger partial charge in [-0.1, -0.05) is 60.7 Å². The zero-order valence-electron chi connectivity index (χ0n) is 22.7. The van der Waals surface area contributed by atoms with Crippen molar-refractivity contribution in [2.45, 2.75) is 51.4 Å². The molecular weight excluding hydrogens is 512 g/mol. The Bertz CT molecular complexity index is 1580. The van der Waals surface area contributed by atoms with E-state index < -0.39 is 35.4 Å². The fraction of sp³-hybridized carbons (Fsp3) is 0.300. The van der Waals surface area contributed by atoms with Gasteiger partial charge in [0.25, 0.3) is 0 Å². The van der Waals surface area contributed by atoms with Crippen LogP contribution < -0.4 is 15.7 Å². The SMILES string of the molecule is C[C@H](OC(C)(C)C)[C@@H](NC(=O)OCC1c2ccccc2-c2ccccc21)C(=O)On1nnc2ccccc2c1=O. The first kappa shape index (κ1) is 27.0. The van der Waals surface area contributed by atoms with Crippen molar-refractivity contribution in [2.75, 3.05) is 6.61 Å². The molecular formula is C30H30N4O6. The van der Waals surface area contributed by atoms with Gasteiger partial charge in [-0.3, -0.25) is 4.79 Å². The molecule has 1 heterocycles. The zero-order valence-corrected chi connectivity index (χ0v) is 22.7. The van der Waals surface area contributed by atoms with E-state index in [0.717, 1.165) is 22.3 Å². The zero-order chi connectivity index (χ0) is 28.4. The first-order chi connectivity index (χ1) is 19.1. The lowest BCUT2D eigenvalue weighted by Crippen LogP contribution is -2.54. The number of ether oxygens (including phenoxy) is 2. The van der Waals surface area contributed by atoms with Crippen LogP contribution in [0.4, 0.5) is 4.79 Å². The van der Waals surface area contributed by atoms with Crippen LogP contribution in [0, 0.1) is 0 Å². The van der Waals surface area contributed by atoms with Gasteiger partial charge in [0.15, 0.2) is 6.04 Å². The van der Waals surface area contributed by atoms with E-state index in [9.17, 15) is 14.4 Å². The van der Waals surface area contributed by atoms with Crippen LogP contribution in [0.3, 0.4) is 0 Å². The average molecular weight is 543 g/mol. The van der Waals surface area contributed by atoms with Crippen LogP contribution in [0.5, 0.6) is 0 Å². The number of nitrogens with one attached hydrogen (secondary N) is 1. The van der Waals surface area contributed by atoms with E-state index in [1.54, 1.807) is 31.2 Å². The number of alkyl carbamates (subject to hydrolysis) is 1. The number of nitrogens with zero attached hydrogens (tertiary/aromatic N) is 3. The minimum absolute atomic E-state index is 0.0613. The van der Waals surface area contributed by atoms with E-state index >= 15 is 0 Å². The summed E-state index contributed by atoms with van der Waals surface area (Å²) in [5.74, 6) is -1.12. The van der Waals surface area contributed by atoms with E-state index in [1.165, 1.54) is 0 Å². The van der Waals surface area contributed by atoms with Crippen molar-refractivity contribution in [2.24, 2.45) is 0 Å². The number of carbonyl (C=O) groups excluding carboxylic acids is 2. The summed E-state index contributed by atoms with van der Waals surface area (Å²) in [6, 6.07) is 21.2. The standard InChI is InChI=1S/C30H30N4O6/c1-18(39-30(2,3)4)26(28(36)40-34-27(35)23-15-9-10-16-25(23)32-33-34)31-29(37)38-17-24-21-13-7-5-11-19(21)20-12-6-8-14-22(20)24/h5-16,18,24,26H,17H2,1-4H3,(H,31,37)/t18-,26+/m0/s1. The second-order valence-corrected chi connectivity index (χ2v) is 10.6. The summed E-state index contributed by atoms with van der Waals surface area (Å²) in [7, 11) is 0. The normalized spacial score (nSPS) is 14.2. The van der Waals surface area contributed by atoms with Crippen LogP contribution in [0.25, 0.3) is 22.0 Å². The van der Waals surface area contributed by atoms with Crippen molar-refractivity contribution < 1.29 is 23.9 Å². The lowest BCUT2D eigenvalue weighted by molar-refractivity contribution is -0.156. The summed E-state index contributed by atoms with van der Waals surface area (Å²) >= 11 is 0. The summed E-state index contributed by atoms with van der Waals surface area (Å²) in [4.78, 5) is 44.8. The monoisotopic (exact) mass is 542 g/mol. The maximum Gasteiger partial charge on any atom is 0.407 e. The Morgan fingerprint density at radius 1 is 0.950 bits per heavy atom. The topological polar surface area (TPSA) is 122 Å². The van der Waals surface area contributed by atoms with Crippen LogP contribution >= 0.6 is 0 Å². The second-order valence-electron chi connectivity index (χ2n) is 10.6. The number of aromatic nitrogens is 3. The van der Waals surface area contributed by atoms with Crippen molar-refractivity contribution in [3.8, 4) is 11.1 Å². The maximum absolute atomic E-state index is 13.3. The van der Waals surface area contributed by atoms with Crippen molar-refractivity contribution >= 4 is 23.0 Å². The number of benzene rings is 3. The molecule has 0 radical (unpaired) electrons. The molecule has 5 rings (SSSR count). The number of carbonyl (C=O) groups is 2. The summed E-state index contributed by atoms with van der Waals surface area (Å²) in [5, 5.41) is 10.4. The average Bonchev–Trinajstić information content (AvgIpc) is 3.25. The van der Waals surface area contributed by atoms with Crippen molar-refractivity contribution in [3.05, 3.63) is 94.3 Å². The third kappa shape index (κ3) is 5.57. The van der Waals surface area contributed by atoms with Gasteiger partial charge in [0.2, 0.25) is 0 Å². The number of hydrogen-bond acceptors (Lipinski definition) is 8. The molecule has 1 aliphatic carbocycles. The smallest absolute Gasteiger partial charge is 0.407 e. The molecule has 0 aliphatic heterocycles. The molecule has 10 nitrogen and oxygen atoms in total. The van der Waals surface area contributed by atoms with Crippen molar-refractivity contribution in [1.29, 1.82) is 0 Å². The summed E-state index contributed by atoms with van der Waals surface area (Å²) in [6.45, 7) is 7.14. The Morgan fingerprint density at radius 3 is 2.20 bits per heavy atom. The summed E-state index contributed by atoms with van der Waals surface area (Å²) in [6.07, 6.45) is -1.66. The fourth-order valence-corrected chi connectivity index (χ4v) is 4.94. The van der Waals surface area contributed by atoms with Gasteiger partial charge in [-0.25, -0.2) is 9.59 Å². The maximum atomic E-state index is 13.3. The first-order valence-electron chi connectivity index (χ1n) is 13.0. The molecule has 0 spiro atoms. The summed E-state index contributed by atoms with van der Waals surface area (Å²) in [5.41, 5.74) is 3.38. The number of rotatable bonds is 7. The highest BCUT2D eigenvalue weighted by Crippen LogP contribution is 2.44. The highest BCUT2D eigenvalue weighted by molar-refractivity contribution is 5.83. The number of hydrogen-bond donors (Lipinski definition) is 1. The van der Waals surface area contributed by atoms with Gasteiger partial charge in [0.05, 0.1) is 17.1 Å². The van der Waals surface area contributed by atoms with E-state index in [2.05, 4.69) is 15.6 Å². The minimum atomic E-state index is -1.31. The predicted octanol–water partition coefficient (Wildman–Crippen LogP) is 3.86. The lowest BCUT2D eigenvalue weighted by Gasteiger charge is -2.29. The van der Waals surface area contributed by atoms with E-state index in [4.69, 9.17) is 14.3 Å². The van der Waals surface area contributed by atoms with Gasteiger partial charge in [-0.2, -0.15) is 0 Å². The summed E-state index contributed by atoms with van der Waals surface area (Å²) < 4.78 is 11.6. The molecule has 0 saturated carbocycles. The molecule has 3 aromatic carbocycles. The molecule has 40 heavy (non-hydrogen) atoms.